The van der Waals surface area contributed by atoms with Crippen molar-refractivity contribution in [1.82, 2.24) is 9.78 Å². The smallest absolute Gasteiger partial charge is 0.277 e. The van der Waals surface area contributed by atoms with Crippen LogP contribution in [0.4, 0.5) is 11.4 Å². The number of carbonyl (C=O) groups excluding carboxylic acids is 2. The molecule has 2 heterocycles. The van der Waals surface area contributed by atoms with E-state index in [1.165, 1.54) is 4.68 Å². The molecule has 0 saturated carbocycles. The summed E-state index contributed by atoms with van der Waals surface area (Å²) < 4.78 is 6.65. The van der Waals surface area contributed by atoms with Crippen molar-refractivity contribution in [2.45, 2.75) is 34.1 Å². The van der Waals surface area contributed by atoms with Gasteiger partial charge in [-0.3, -0.25) is 9.59 Å². The second-order valence-corrected chi connectivity index (χ2v) is 6.45. The van der Waals surface area contributed by atoms with Crippen LogP contribution in [-0.2, 0) is 6.42 Å². The lowest BCUT2D eigenvalue weighted by molar-refractivity contribution is 0.0972. The Labute approximate surface area is 188 Å². The number of nitrogen functional groups attached to an aromatic ring is 1. The molecule has 0 bridgehead atoms. The molecular weight excluding hydrogens is 406 g/mol. The number of amides is 2. The number of fused-ring (bicyclic) bond motifs is 1. The molecule has 0 saturated heterocycles. The van der Waals surface area contributed by atoms with Gasteiger partial charge in [-0.15, -0.1) is 0 Å². The molecule has 0 fully saturated rings. The molecule has 0 unspecified atom stereocenters. The molecule has 0 atom stereocenters. The molecule has 4 rings (SSSR count). The number of nitrogens with zero attached hydrogens (tertiary/aromatic N) is 3. The van der Waals surface area contributed by atoms with E-state index in [0.29, 0.717) is 41.3 Å². The van der Waals surface area contributed by atoms with Gasteiger partial charge in [-0.2, -0.15) is 5.10 Å². The zero-order valence-electron chi connectivity index (χ0n) is 19.3. The molecule has 170 valence electrons. The number of benzene rings is 2. The van der Waals surface area contributed by atoms with Crippen LogP contribution in [0, 0.1) is 0 Å². The average Bonchev–Trinajstić information content (AvgIpc) is 3.24. The molecule has 1 aromatic heterocycles. The van der Waals surface area contributed by atoms with Gasteiger partial charge >= 0.3 is 0 Å². The van der Waals surface area contributed by atoms with Crippen LogP contribution in [-0.4, -0.2) is 35.2 Å². The van der Waals surface area contributed by atoms with Crippen LogP contribution < -0.4 is 21.1 Å². The highest BCUT2D eigenvalue weighted by Crippen LogP contribution is 2.29. The van der Waals surface area contributed by atoms with E-state index in [-0.39, 0.29) is 11.6 Å². The molecule has 0 radical (unpaired) electrons. The van der Waals surface area contributed by atoms with E-state index in [0.717, 1.165) is 5.69 Å². The van der Waals surface area contributed by atoms with Crippen molar-refractivity contribution in [2.75, 3.05) is 24.3 Å². The van der Waals surface area contributed by atoms with Gasteiger partial charge in [0.2, 0.25) is 0 Å². The predicted octanol–water partition coefficient (Wildman–Crippen LogP) is 3.82. The third-order valence-corrected chi connectivity index (χ3v) is 4.77. The molecule has 1 aliphatic rings. The first-order valence-electron chi connectivity index (χ1n) is 10.7. The number of carbonyl (C=O) groups is 2. The maximum atomic E-state index is 13.3. The van der Waals surface area contributed by atoms with Crippen LogP contribution in [0.15, 0.2) is 48.5 Å². The molecule has 0 spiro atoms. The lowest BCUT2D eigenvalue weighted by atomic mass is 10.0. The fraction of sp³-hybridized carbons (Fsp3) is 0.292. The molecule has 2 amide bonds. The van der Waals surface area contributed by atoms with Crippen LogP contribution in [0.25, 0.3) is 5.69 Å². The number of rotatable bonds is 4. The number of anilines is 2. The lowest BCUT2D eigenvalue weighted by Crippen LogP contribution is -2.39. The molecule has 8 nitrogen and oxygen atoms in total. The summed E-state index contributed by atoms with van der Waals surface area (Å²) in [6.45, 7) is 8.42. The van der Waals surface area contributed by atoms with Gasteiger partial charge in [0.25, 0.3) is 11.8 Å². The molecule has 2 aromatic carbocycles. The van der Waals surface area contributed by atoms with Gasteiger partial charge in [0.15, 0.2) is 5.69 Å². The van der Waals surface area contributed by atoms with Gasteiger partial charge < -0.3 is 21.1 Å². The number of aromatic nitrogens is 2. The maximum Gasteiger partial charge on any atom is 0.277 e. The summed E-state index contributed by atoms with van der Waals surface area (Å²) in [7, 11) is 1.57. The Bertz CT molecular complexity index is 1060. The van der Waals surface area contributed by atoms with E-state index in [4.69, 9.17) is 16.2 Å². The molecule has 1 aliphatic heterocycles. The van der Waals surface area contributed by atoms with E-state index in [9.17, 15) is 9.59 Å². The molecular formula is C24H31N5O3. The van der Waals surface area contributed by atoms with Crippen LogP contribution in [0.2, 0.25) is 0 Å². The van der Waals surface area contributed by atoms with Gasteiger partial charge in [0.1, 0.15) is 11.4 Å². The third kappa shape index (κ3) is 4.74. The molecule has 0 aliphatic carbocycles. The van der Waals surface area contributed by atoms with Crippen molar-refractivity contribution in [1.29, 1.82) is 0 Å². The third-order valence-electron chi connectivity index (χ3n) is 4.77. The Kier molecular flexibility index (Phi) is 8.40. The maximum absolute atomic E-state index is 13.3. The Morgan fingerprint density at radius 1 is 0.969 bits per heavy atom. The zero-order valence-corrected chi connectivity index (χ0v) is 19.3. The van der Waals surface area contributed by atoms with Crippen molar-refractivity contribution in [2.24, 2.45) is 5.73 Å². The topological polar surface area (TPSA) is 116 Å². The van der Waals surface area contributed by atoms with Crippen molar-refractivity contribution < 1.29 is 14.3 Å². The summed E-state index contributed by atoms with van der Waals surface area (Å²) in [5.41, 5.74) is 14.3. The fourth-order valence-corrected chi connectivity index (χ4v) is 3.37. The summed E-state index contributed by atoms with van der Waals surface area (Å²) >= 11 is 0. The molecule has 4 N–H and O–H groups in total. The summed E-state index contributed by atoms with van der Waals surface area (Å²) in [6, 6.07) is 14.1. The van der Waals surface area contributed by atoms with E-state index in [1.54, 1.807) is 60.5 Å². The minimum absolute atomic E-state index is 0.121. The Morgan fingerprint density at radius 2 is 1.53 bits per heavy atom. The number of ether oxygens (including phenoxy) is 1. The second-order valence-electron chi connectivity index (χ2n) is 6.45. The molecule has 8 heteroatoms. The SMILES string of the molecule is CC.CC.COc1ccc(-n2nc(C(N)=O)c3c2C(=O)N(c2ccc(N)cc2)CC3)cc1. The largest absolute Gasteiger partial charge is 0.497 e. The van der Waals surface area contributed by atoms with Crippen molar-refractivity contribution in [3.05, 3.63) is 65.5 Å². The highest BCUT2D eigenvalue weighted by atomic mass is 16.5. The quantitative estimate of drug-likeness (QED) is 0.602. The monoisotopic (exact) mass is 437 g/mol. The minimum Gasteiger partial charge on any atom is -0.497 e. The predicted molar refractivity (Wildman–Crippen MR) is 128 cm³/mol. The van der Waals surface area contributed by atoms with E-state index < -0.39 is 5.91 Å². The Balaban J connectivity index is 0.000000860. The second kappa shape index (κ2) is 11.0. The standard InChI is InChI=1S/C20H19N5O3.2C2H6/c1-28-15-8-6-14(7-9-15)25-18-16(17(23-25)19(22)26)10-11-24(20(18)27)13-4-2-12(21)3-5-13;2*1-2/h2-9H,10-11,21H2,1H3,(H2,22,26);2*1-2H3. The fourth-order valence-electron chi connectivity index (χ4n) is 3.37. The Hall–Kier alpha value is -3.81. The minimum atomic E-state index is -0.655. The first kappa shape index (κ1) is 24.5. The Morgan fingerprint density at radius 3 is 2.06 bits per heavy atom. The van der Waals surface area contributed by atoms with Crippen molar-refractivity contribution in [3.63, 3.8) is 0 Å². The van der Waals surface area contributed by atoms with Gasteiger partial charge in [0, 0.05) is 23.5 Å². The number of hydrogen-bond donors (Lipinski definition) is 2. The summed E-state index contributed by atoms with van der Waals surface area (Å²) in [5.74, 6) is -0.228. The average molecular weight is 438 g/mol. The first-order valence-corrected chi connectivity index (χ1v) is 10.7. The van der Waals surface area contributed by atoms with Gasteiger partial charge in [0.05, 0.1) is 12.8 Å². The van der Waals surface area contributed by atoms with Crippen molar-refractivity contribution in [3.8, 4) is 11.4 Å². The molecule has 32 heavy (non-hydrogen) atoms. The van der Waals surface area contributed by atoms with Crippen LogP contribution in [0.3, 0.4) is 0 Å². The molecule has 3 aromatic rings. The van der Waals surface area contributed by atoms with E-state index in [2.05, 4.69) is 5.10 Å². The number of primary amides is 1. The van der Waals surface area contributed by atoms with E-state index in [1.807, 2.05) is 27.7 Å². The number of hydrogen-bond acceptors (Lipinski definition) is 5. The zero-order chi connectivity index (χ0) is 23.8. The van der Waals surface area contributed by atoms with Crippen LogP contribution >= 0.6 is 0 Å². The summed E-state index contributed by atoms with van der Waals surface area (Å²) in [6.07, 6.45) is 0.472. The summed E-state index contributed by atoms with van der Waals surface area (Å²) in [4.78, 5) is 26.9. The highest BCUT2D eigenvalue weighted by Gasteiger charge is 2.34. The van der Waals surface area contributed by atoms with Crippen LogP contribution in [0.1, 0.15) is 54.2 Å². The first-order chi connectivity index (χ1) is 15.5. The van der Waals surface area contributed by atoms with Crippen LogP contribution in [0.5, 0.6) is 5.75 Å². The van der Waals surface area contributed by atoms with E-state index >= 15 is 0 Å². The van der Waals surface area contributed by atoms with Gasteiger partial charge in [-0.05, 0) is 55.0 Å². The summed E-state index contributed by atoms with van der Waals surface area (Å²) in [5, 5.41) is 4.34. The number of nitrogens with two attached hydrogens (primary N) is 2. The van der Waals surface area contributed by atoms with Crippen molar-refractivity contribution >= 4 is 23.2 Å². The highest BCUT2D eigenvalue weighted by molar-refractivity contribution is 6.09. The van der Waals surface area contributed by atoms with Gasteiger partial charge in [-0.25, -0.2) is 4.68 Å². The lowest BCUT2D eigenvalue weighted by Gasteiger charge is -2.27. The normalized spacial score (nSPS) is 12.0. The van der Waals surface area contributed by atoms with Gasteiger partial charge in [-0.1, -0.05) is 27.7 Å². The number of methoxy groups -OCH3 is 1.